The average molecular weight is 330 g/mol. The zero-order valence-electron chi connectivity index (χ0n) is 13.7. The molecule has 24 heavy (non-hydrogen) atoms. The minimum absolute atomic E-state index is 0.0980. The summed E-state index contributed by atoms with van der Waals surface area (Å²) in [5.74, 6) is 0.718. The van der Waals surface area contributed by atoms with Gasteiger partial charge in [-0.15, -0.1) is 0 Å². The van der Waals surface area contributed by atoms with Crippen LogP contribution in [-0.2, 0) is 16.1 Å². The van der Waals surface area contributed by atoms with E-state index in [-0.39, 0.29) is 18.1 Å². The molecule has 1 N–H and O–H groups in total. The lowest BCUT2D eigenvalue weighted by Gasteiger charge is -2.13. The van der Waals surface area contributed by atoms with Gasteiger partial charge >= 0.3 is 0 Å². The van der Waals surface area contributed by atoms with Crippen LogP contribution in [0.5, 0.6) is 5.75 Å². The zero-order chi connectivity index (χ0) is 16.8. The highest BCUT2D eigenvalue weighted by atomic mass is 16.5. The van der Waals surface area contributed by atoms with Crippen LogP contribution in [0.3, 0.4) is 0 Å². The van der Waals surface area contributed by atoms with Crippen LogP contribution in [-0.4, -0.2) is 40.0 Å². The molecule has 1 aliphatic rings. The molecule has 0 bridgehead atoms. The molecule has 3 rings (SSSR count). The first-order valence-electron chi connectivity index (χ1n) is 8.17. The molecule has 1 amide bonds. The van der Waals surface area contributed by atoms with Gasteiger partial charge in [0, 0.05) is 13.2 Å². The summed E-state index contributed by atoms with van der Waals surface area (Å²) in [7, 11) is 0. The van der Waals surface area contributed by atoms with Gasteiger partial charge in [0.15, 0.2) is 0 Å². The third kappa shape index (κ3) is 4.32. The van der Waals surface area contributed by atoms with E-state index in [0.29, 0.717) is 13.2 Å². The van der Waals surface area contributed by atoms with Crippen LogP contribution in [0.15, 0.2) is 36.9 Å². The monoisotopic (exact) mass is 330 g/mol. The lowest BCUT2D eigenvalue weighted by Crippen LogP contribution is -2.30. The topological polar surface area (TPSA) is 78.3 Å². The van der Waals surface area contributed by atoms with Crippen molar-refractivity contribution < 1.29 is 14.3 Å². The lowest BCUT2D eigenvalue weighted by molar-refractivity contribution is -0.124. The van der Waals surface area contributed by atoms with Crippen molar-refractivity contribution >= 4 is 5.91 Å². The van der Waals surface area contributed by atoms with Gasteiger partial charge in [-0.25, -0.2) is 9.67 Å². The molecule has 0 radical (unpaired) electrons. The van der Waals surface area contributed by atoms with E-state index in [0.717, 1.165) is 30.8 Å². The van der Waals surface area contributed by atoms with E-state index >= 15 is 0 Å². The third-order valence-corrected chi connectivity index (χ3v) is 4.06. The van der Waals surface area contributed by atoms with Gasteiger partial charge < -0.3 is 14.8 Å². The molecule has 128 valence electrons. The molecule has 1 aliphatic heterocycles. The number of aromatic nitrogens is 3. The van der Waals surface area contributed by atoms with Crippen LogP contribution in [0.4, 0.5) is 0 Å². The SMILES string of the molecule is C[C@H](C(=O)NCc1ccc(OC[C@H]2CCCO2)cc1)n1cncn1. The van der Waals surface area contributed by atoms with E-state index in [2.05, 4.69) is 15.4 Å². The van der Waals surface area contributed by atoms with E-state index in [1.54, 1.807) is 6.92 Å². The van der Waals surface area contributed by atoms with Crippen LogP contribution in [0, 0.1) is 0 Å². The Balaban J connectivity index is 1.44. The van der Waals surface area contributed by atoms with Gasteiger partial charge in [0.2, 0.25) is 5.91 Å². The maximum Gasteiger partial charge on any atom is 0.244 e. The quantitative estimate of drug-likeness (QED) is 0.836. The van der Waals surface area contributed by atoms with E-state index in [1.807, 2.05) is 24.3 Å². The van der Waals surface area contributed by atoms with Crippen LogP contribution in [0.2, 0.25) is 0 Å². The largest absolute Gasteiger partial charge is 0.491 e. The summed E-state index contributed by atoms with van der Waals surface area (Å²) in [5, 5.41) is 6.87. The third-order valence-electron chi connectivity index (χ3n) is 4.06. The number of carbonyl (C=O) groups excluding carboxylic acids is 1. The lowest BCUT2D eigenvalue weighted by atomic mass is 10.2. The molecule has 0 unspecified atom stereocenters. The van der Waals surface area contributed by atoms with Gasteiger partial charge in [-0.2, -0.15) is 5.10 Å². The highest BCUT2D eigenvalue weighted by Crippen LogP contribution is 2.16. The summed E-state index contributed by atoms with van der Waals surface area (Å²) in [5.41, 5.74) is 1.01. The highest BCUT2D eigenvalue weighted by Gasteiger charge is 2.16. The zero-order valence-corrected chi connectivity index (χ0v) is 13.7. The summed E-state index contributed by atoms with van der Waals surface area (Å²) in [6, 6.07) is 7.34. The number of hydrogen-bond donors (Lipinski definition) is 1. The number of ether oxygens (including phenoxy) is 2. The van der Waals surface area contributed by atoms with Crippen molar-refractivity contribution in [3.05, 3.63) is 42.5 Å². The number of nitrogens with one attached hydrogen (secondary N) is 1. The summed E-state index contributed by atoms with van der Waals surface area (Å²) in [6.45, 7) is 3.67. The fourth-order valence-corrected chi connectivity index (χ4v) is 2.54. The smallest absolute Gasteiger partial charge is 0.244 e. The summed E-state index contributed by atoms with van der Waals surface area (Å²) in [6.07, 6.45) is 5.33. The Morgan fingerprint density at radius 1 is 1.46 bits per heavy atom. The van der Waals surface area contributed by atoms with Crippen molar-refractivity contribution in [1.29, 1.82) is 0 Å². The second-order valence-corrected chi connectivity index (χ2v) is 5.86. The van der Waals surface area contributed by atoms with Crippen molar-refractivity contribution in [2.45, 2.75) is 38.5 Å². The van der Waals surface area contributed by atoms with Crippen molar-refractivity contribution in [2.24, 2.45) is 0 Å². The maximum atomic E-state index is 12.1. The van der Waals surface area contributed by atoms with Crippen LogP contribution in [0.1, 0.15) is 31.4 Å². The average Bonchev–Trinajstić information content (AvgIpc) is 3.31. The Morgan fingerprint density at radius 3 is 2.96 bits per heavy atom. The second-order valence-electron chi connectivity index (χ2n) is 5.86. The normalized spacial score (nSPS) is 18.3. The Kier molecular flexibility index (Phi) is 5.43. The van der Waals surface area contributed by atoms with Crippen molar-refractivity contribution in [3.63, 3.8) is 0 Å². The molecule has 2 aromatic rings. The molecule has 1 aromatic heterocycles. The first-order chi connectivity index (χ1) is 11.7. The number of carbonyl (C=O) groups is 1. The van der Waals surface area contributed by atoms with Crippen LogP contribution >= 0.6 is 0 Å². The molecular formula is C17H22N4O3. The Morgan fingerprint density at radius 2 is 2.29 bits per heavy atom. The highest BCUT2D eigenvalue weighted by molar-refractivity contribution is 5.79. The van der Waals surface area contributed by atoms with Gasteiger partial charge in [0.25, 0.3) is 0 Å². The minimum atomic E-state index is -0.387. The second kappa shape index (κ2) is 7.92. The summed E-state index contributed by atoms with van der Waals surface area (Å²) < 4.78 is 12.8. The fraction of sp³-hybridized carbons (Fsp3) is 0.471. The van der Waals surface area contributed by atoms with E-state index in [4.69, 9.17) is 9.47 Å². The van der Waals surface area contributed by atoms with E-state index in [9.17, 15) is 4.79 Å². The molecule has 1 saturated heterocycles. The summed E-state index contributed by atoms with van der Waals surface area (Å²) >= 11 is 0. The molecule has 7 nitrogen and oxygen atoms in total. The number of benzene rings is 1. The molecular weight excluding hydrogens is 308 g/mol. The van der Waals surface area contributed by atoms with Crippen LogP contribution in [0.25, 0.3) is 0 Å². The van der Waals surface area contributed by atoms with Crippen molar-refractivity contribution in [3.8, 4) is 5.75 Å². The summed E-state index contributed by atoms with van der Waals surface area (Å²) in [4.78, 5) is 15.9. The van der Waals surface area contributed by atoms with Crippen LogP contribution < -0.4 is 10.1 Å². The molecule has 1 fully saturated rings. The number of hydrogen-bond acceptors (Lipinski definition) is 5. The number of nitrogens with zero attached hydrogens (tertiary/aromatic N) is 3. The van der Waals surface area contributed by atoms with E-state index in [1.165, 1.54) is 17.3 Å². The molecule has 0 spiro atoms. The fourth-order valence-electron chi connectivity index (χ4n) is 2.54. The molecule has 1 aromatic carbocycles. The van der Waals surface area contributed by atoms with E-state index < -0.39 is 0 Å². The van der Waals surface area contributed by atoms with Crippen molar-refractivity contribution in [2.75, 3.05) is 13.2 Å². The predicted octanol–water partition coefficient (Wildman–Crippen LogP) is 1.71. The Hall–Kier alpha value is -2.41. The molecule has 7 heteroatoms. The molecule has 2 atom stereocenters. The van der Waals surface area contributed by atoms with Gasteiger partial charge in [-0.1, -0.05) is 12.1 Å². The molecule has 2 heterocycles. The first-order valence-corrected chi connectivity index (χ1v) is 8.17. The van der Waals surface area contributed by atoms with Gasteiger partial charge in [0.1, 0.15) is 31.1 Å². The van der Waals surface area contributed by atoms with Gasteiger partial charge in [-0.3, -0.25) is 4.79 Å². The maximum absolute atomic E-state index is 12.1. The molecule has 0 saturated carbocycles. The molecule has 0 aliphatic carbocycles. The Bertz CT molecular complexity index is 636. The number of rotatable bonds is 7. The van der Waals surface area contributed by atoms with Gasteiger partial charge in [-0.05, 0) is 37.5 Å². The van der Waals surface area contributed by atoms with Crippen molar-refractivity contribution in [1.82, 2.24) is 20.1 Å². The number of amides is 1. The first kappa shape index (κ1) is 16.4. The predicted molar refractivity (Wildman–Crippen MR) is 87.5 cm³/mol. The standard InChI is InChI=1S/C17H22N4O3/c1-13(21-12-18-11-20-21)17(22)19-9-14-4-6-15(7-5-14)24-10-16-3-2-8-23-16/h4-7,11-13,16H,2-3,8-10H2,1H3,(H,19,22)/t13-,16-/m1/s1. The van der Waals surface area contributed by atoms with Gasteiger partial charge in [0.05, 0.1) is 6.10 Å². The Labute approximate surface area is 141 Å². The minimum Gasteiger partial charge on any atom is -0.491 e.